The summed E-state index contributed by atoms with van der Waals surface area (Å²) in [6, 6.07) is 8.16. The summed E-state index contributed by atoms with van der Waals surface area (Å²) < 4.78 is 5.46. The maximum Gasteiger partial charge on any atom is 0.126 e. The Morgan fingerprint density at radius 3 is 2.77 bits per heavy atom. The van der Waals surface area contributed by atoms with Gasteiger partial charge in [0.2, 0.25) is 0 Å². The van der Waals surface area contributed by atoms with Crippen molar-refractivity contribution in [3.05, 3.63) is 60.8 Å². The Bertz CT molecular complexity index is 1130. The van der Waals surface area contributed by atoms with E-state index in [4.69, 9.17) is 4.74 Å². The van der Waals surface area contributed by atoms with E-state index in [9.17, 15) is 5.11 Å². The molecule has 1 saturated heterocycles. The van der Waals surface area contributed by atoms with Crippen LogP contribution in [0.3, 0.4) is 0 Å². The predicted octanol–water partition coefficient (Wildman–Crippen LogP) is 3.73. The van der Waals surface area contributed by atoms with E-state index in [1.165, 1.54) is 0 Å². The van der Waals surface area contributed by atoms with Crippen molar-refractivity contribution in [2.45, 2.75) is 26.4 Å². The van der Waals surface area contributed by atoms with Gasteiger partial charge < -0.3 is 14.7 Å². The van der Waals surface area contributed by atoms with Gasteiger partial charge >= 0.3 is 0 Å². The molecule has 1 fully saturated rings. The summed E-state index contributed by atoms with van der Waals surface area (Å²) in [6.07, 6.45) is 8.50. The first kappa shape index (κ1) is 21.1. The molecule has 0 radical (unpaired) electrons. The van der Waals surface area contributed by atoms with Gasteiger partial charge in [0.05, 0.1) is 30.1 Å². The Morgan fingerprint density at radius 2 is 2.00 bits per heavy atom. The lowest BCUT2D eigenvalue weighted by atomic mass is 9.91. The molecule has 7 nitrogen and oxygen atoms in total. The zero-order chi connectivity index (χ0) is 21.8. The third-order valence-corrected chi connectivity index (χ3v) is 5.69. The van der Waals surface area contributed by atoms with Crippen LogP contribution in [0.15, 0.2) is 60.3 Å². The number of benzene rings is 1. The number of anilines is 1. The predicted molar refractivity (Wildman–Crippen MR) is 123 cm³/mol. The van der Waals surface area contributed by atoms with Gasteiger partial charge in [0, 0.05) is 53.9 Å². The molecule has 2 aromatic heterocycles. The summed E-state index contributed by atoms with van der Waals surface area (Å²) in [5.74, 6) is 0. The molecule has 31 heavy (non-hydrogen) atoms. The van der Waals surface area contributed by atoms with Crippen LogP contribution >= 0.6 is 0 Å². The van der Waals surface area contributed by atoms with Gasteiger partial charge in [0.1, 0.15) is 11.9 Å². The largest absolute Gasteiger partial charge is 0.379 e. The number of rotatable bonds is 5. The number of nitrogens with zero attached hydrogens (tertiary/aromatic N) is 5. The molecule has 4 rings (SSSR count). The molecule has 1 atom stereocenters. The minimum absolute atomic E-state index is 0.590. The van der Waals surface area contributed by atoms with Crippen LogP contribution < -0.4 is 4.90 Å². The molecule has 0 saturated carbocycles. The van der Waals surface area contributed by atoms with E-state index < -0.39 is 5.60 Å². The van der Waals surface area contributed by atoms with Crippen molar-refractivity contribution in [2.24, 2.45) is 4.99 Å². The number of ether oxygens (including phenoxy) is 1. The summed E-state index contributed by atoms with van der Waals surface area (Å²) in [6.45, 7) is 8.64. The van der Waals surface area contributed by atoms with Gasteiger partial charge in [-0.2, -0.15) is 0 Å². The third kappa shape index (κ3) is 4.33. The standard InChI is InChI=1S/C24H27N5O2/c1-4-7-26-17(2)24(3,30)19-12-18(14-25-15-19)23-21-6-5-20(13-22(21)27-16-28-23)29-8-10-31-11-9-29/h4-7,12-16,30H,8-11H2,1-3H3/b7-4-,26-17?. The fraction of sp³-hybridized carbons (Fsp3) is 0.333. The average Bonchev–Trinajstić information content (AvgIpc) is 2.82. The van der Waals surface area contributed by atoms with Crippen LogP contribution in [0.5, 0.6) is 0 Å². The highest BCUT2D eigenvalue weighted by Crippen LogP contribution is 2.31. The molecule has 160 valence electrons. The van der Waals surface area contributed by atoms with Crippen molar-refractivity contribution in [2.75, 3.05) is 31.2 Å². The topological polar surface area (TPSA) is 83.7 Å². The van der Waals surface area contributed by atoms with Gasteiger partial charge in [-0.1, -0.05) is 6.08 Å². The molecular weight excluding hydrogens is 390 g/mol. The number of aliphatic hydroxyl groups is 1. The normalized spacial score (nSPS) is 17.3. The summed E-state index contributed by atoms with van der Waals surface area (Å²) in [4.78, 5) is 20.0. The molecule has 1 aliphatic rings. The summed E-state index contributed by atoms with van der Waals surface area (Å²) in [5, 5.41) is 12.0. The van der Waals surface area contributed by atoms with E-state index in [2.05, 4.69) is 43.0 Å². The third-order valence-electron chi connectivity index (χ3n) is 5.69. The molecule has 0 spiro atoms. The number of hydrogen-bond donors (Lipinski definition) is 1. The van der Waals surface area contributed by atoms with Crippen molar-refractivity contribution in [1.82, 2.24) is 15.0 Å². The fourth-order valence-electron chi connectivity index (χ4n) is 3.65. The van der Waals surface area contributed by atoms with Crippen LogP contribution in [0, 0.1) is 0 Å². The first-order chi connectivity index (χ1) is 15.0. The lowest BCUT2D eigenvalue weighted by molar-refractivity contribution is 0.122. The maximum absolute atomic E-state index is 11.1. The second kappa shape index (κ2) is 8.91. The highest BCUT2D eigenvalue weighted by molar-refractivity contribution is 5.95. The minimum Gasteiger partial charge on any atom is -0.379 e. The van der Waals surface area contributed by atoms with Crippen LogP contribution in [0.2, 0.25) is 0 Å². The zero-order valence-electron chi connectivity index (χ0n) is 18.1. The second-order valence-electron chi connectivity index (χ2n) is 7.75. The number of allylic oxidation sites excluding steroid dienone is 1. The Morgan fingerprint density at radius 1 is 1.19 bits per heavy atom. The van der Waals surface area contributed by atoms with Crippen molar-refractivity contribution < 1.29 is 9.84 Å². The number of morpholine rings is 1. The van der Waals surface area contributed by atoms with Gasteiger partial charge in [-0.3, -0.25) is 9.98 Å². The van der Waals surface area contributed by atoms with E-state index in [0.717, 1.165) is 54.2 Å². The molecule has 3 aromatic rings. The van der Waals surface area contributed by atoms with E-state index >= 15 is 0 Å². The smallest absolute Gasteiger partial charge is 0.126 e. The maximum atomic E-state index is 11.1. The van der Waals surface area contributed by atoms with Crippen LogP contribution in [-0.2, 0) is 10.3 Å². The molecule has 1 aromatic carbocycles. The van der Waals surface area contributed by atoms with Gasteiger partial charge in [0.15, 0.2) is 0 Å². The van der Waals surface area contributed by atoms with E-state index in [1.54, 1.807) is 38.8 Å². The minimum atomic E-state index is -1.24. The Balaban J connectivity index is 1.73. The highest BCUT2D eigenvalue weighted by Gasteiger charge is 2.27. The van der Waals surface area contributed by atoms with Crippen LogP contribution in [-0.4, -0.2) is 52.1 Å². The lowest BCUT2D eigenvalue weighted by Crippen LogP contribution is -2.36. The van der Waals surface area contributed by atoms with Crippen LogP contribution in [0.1, 0.15) is 26.3 Å². The second-order valence-corrected chi connectivity index (χ2v) is 7.75. The number of fused-ring (bicyclic) bond motifs is 1. The molecule has 3 heterocycles. The Kier molecular flexibility index (Phi) is 6.06. The lowest BCUT2D eigenvalue weighted by Gasteiger charge is -2.29. The molecule has 0 amide bonds. The van der Waals surface area contributed by atoms with E-state index in [0.29, 0.717) is 11.3 Å². The first-order valence-corrected chi connectivity index (χ1v) is 10.4. The molecule has 0 bridgehead atoms. The number of aromatic nitrogens is 3. The van der Waals surface area contributed by atoms with Crippen LogP contribution in [0.25, 0.3) is 22.2 Å². The Labute approximate surface area is 182 Å². The van der Waals surface area contributed by atoms with Crippen molar-refractivity contribution >= 4 is 22.3 Å². The van der Waals surface area contributed by atoms with Gasteiger partial charge in [-0.15, -0.1) is 0 Å². The molecule has 1 N–H and O–H groups in total. The van der Waals surface area contributed by atoms with Crippen molar-refractivity contribution in [1.29, 1.82) is 0 Å². The van der Waals surface area contributed by atoms with E-state index in [1.807, 2.05) is 19.1 Å². The Hall–Kier alpha value is -3.16. The van der Waals surface area contributed by atoms with Crippen molar-refractivity contribution in [3.8, 4) is 11.3 Å². The van der Waals surface area contributed by atoms with E-state index in [-0.39, 0.29) is 0 Å². The van der Waals surface area contributed by atoms with Crippen LogP contribution in [0.4, 0.5) is 5.69 Å². The van der Waals surface area contributed by atoms with Gasteiger partial charge in [-0.05, 0) is 45.0 Å². The number of aliphatic imine (C=N–C) groups is 1. The van der Waals surface area contributed by atoms with Gasteiger partial charge in [-0.25, -0.2) is 9.97 Å². The zero-order valence-corrected chi connectivity index (χ0v) is 18.1. The number of hydrogen-bond acceptors (Lipinski definition) is 7. The summed E-state index contributed by atoms with van der Waals surface area (Å²) in [5.41, 5.74) is 3.62. The molecular formula is C24H27N5O2. The number of pyridine rings is 1. The first-order valence-electron chi connectivity index (χ1n) is 10.4. The average molecular weight is 418 g/mol. The summed E-state index contributed by atoms with van der Waals surface area (Å²) >= 11 is 0. The SMILES string of the molecule is C/C=C\N=C(C)C(C)(O)c1cncc(-c2ncnc3cc(N4CCOCC4)ccc23)c1. The quantitative estimate of drug-likeness (QED) is 0.637. The molecule has 0 aliphatic carbocycles. The molecule has 7 heteroatoms. The monoisotopic (exact) mass is 417 g/mol. The molecule has 1 aliphatic heterocycles. The fourth-order valence-corrected chi connectivity index (χ4v) is 3.65. The van der Waals surface area contributed by atoms with Gasteiger partial charge in [0.25, 0.3) is 0 Å². The highest BCUT2D eigenvalue weighted by atomic mass is 16.5. The summed E-state index contributed by atoms with van der Waals surface area (Å²) in [7, 11) is 0. The molecule has 1 unspecified atom stereocenters. The van der Waals surface area contributed by atoms with Crippen molar-refractivity contribution in [3.63, 3.8) is 0 Å².